The highest BCUT2D eigenvalue weighted by molar-refractivity contribution is 7.99. The molecule has 0 saturated carbocycles. The zero-order valence-corrected chi connectivity index (χ0v) is 12.1. The molecule has 0 saturated heterocycles. The summed E-state index contributed by atoms with van der Waals surface area (Å²) in [5.74, 6) is -2.20. The van der Waals surface area contributed by atoms with Crippen LogP contribution in [0.1, 0.15) is 23.1 Å². The maximum absolute atomic E-state index is 13.1. The van der Waals surface area contributed by atoms with Crippen LogP contribution in [0.25, 0.3) is 11.0 Å². The van der Waals surface area contributed by atoms with Crippen LogP contribution in [-0.2, 0) is 12.7 Å². The lowest BCUT2D eigenvalue weighted by atomic mass is 10.2. The smallest absolute Gasteiger partial charge is 0.449 e. The highest BCUT2D eigenvalue weighted by Crippen LogP contribution is 2.32. The third-order valence-electron chi connectivity index (χ3n) is 3.09. The van der Waals surface area contributed by atoms with Gasteiger partial charge >= 0.3 is 12.1 Å². The monoisotopic (exact) mass is 318 g/mol. The van der Waals surface area contributed by atoms with Crippen molar-refractivity contribution in [3.63, 3.8) is 0 Å². The number of hydrogen-bond acceptors (Lipinski definition) is 3. The first-order chi connectivity index (χ1) is 9.74. The van der Waals surface area contributed by atoms with Gasteiger partial charge in [-0.2, -0.15) is 24.9 Å². The second kappa shape index (κ2) is 5.59. The lowest BCUT2D eigenvalue weighted by Crippen LogP contribution is -2.18. The van der Waals surface area contributed by atoms with Gasteiger partial charge in [0.25, 0.3) is 0 Å². The molecule has 1 aromatic carbocycles. The first kappa shape index (κ1) is 15.7. The summed E-state index contributed by atoms with van der Waals surface area (Å²) in [5, 5.41) is 8.88. The topological polar surface area (TPSA) is 55.1 Å². The number of rotatable bonds is 4. The van der Waals surface area contributed by atoms with Crippen molar-refractivity contribution in [3.05, 3.63) is 29.6 Å². The Bertz CT molecular complexity index is 682. The van der Waals surface area contributed by atoms with Gasteiger partial charge in [-0.15, -0.1) is 0 Å². The second-order valence-corrected chi connectivity index (χ2v) is 5.87. The number of halogens is 3. The molecular formula is C13H13F3N2O2S. The fraction of sp³-hybridized carbons (Fsp3) is 0.385. The highest BCUT2D eigenvalue weighted by atomic mass is 32.2. The summed E-state index contributed by atoms with van der Waals surface area (Å²) in [6.07, 6.45) is -2.76. The van der Waals surface area contributed by atoms with Crippen molar-refractivity contribution in [2.75, 3.05) is 6.26 Å². The highest BCUT2D eigenvalue weighted by Gasteiger charge is 2.37. The summed E-state index contributed by atoms with van der Waals surface area (Å²) < 4.78 is 40.4. The summed E-state index contributed by atoms with van der Waals surface area (Å²) in [5.41, 5.74) is 0.238. The van der Waals surface area contributed by atoms with E-state index in [4.69, 9.17) is 5.11 Å². The first-order valence-electron chi connectivity index (χ1n) is 6.07. The molecule has 2 aromatic rings. The molecule has 0 amide bonds. The van der Waals surface area contributed by atoms with Crippen LogP contribution in [0.4, 0.5) is 13.2 Å². The van der Waals surface area contributed by atoms with Crippen LogP contribution in [0.2, 0.25) is 0 Å². The van der Waals surface area contributed by atoms with Crippen molar-refractivity contribution in [3.8, 4) is 0 Å². The van der Waals surface area contributed by atoms with Crippen LogP contribution in [0.5, 0.6) is 0 Å². The number of aromatic carboxylic acids is 1. The molecule has 114 valence electrons. The lowest BCUT2D eigenvalue weighted by Gasteiger charge is -2.14. The molecule has 1 unspecified atom stereocenters. The normalized spacial score (nSPS) is 13.6. The number of alkyl halides is 3. The Balaban J connectivity index is 2.64. The zero-order chi connectivity index (χ0) is 15.8. The summed E-state index contributed by atoms with van der Waals surface area (Å²) >= 11 is 1.45. The molecule has 0 aliphatic rings. The molecule has 1 N–H and O–H groups in total. The van der Waals surface area contributed by atoms with Crippen molar-refractivity contribution in [2.45, 2.75) is 24.9 Å². The minimum Gasteiger partial charge on any atom is -0.478 e. The summed E-state index contributed by atoms with van der Waals surface area (Å²) in [7, 11) is 0. The quantitative estimate of drug-likeness (QED) is 0.937. The van der Waals surface area contributed by atoms with E-state index < -0.39 is 18.0 Å². The fourth-order valence-corrected chi connectivity index (χ4v) is 2.29. The molecule has 0 aliphatic heterocycles. The molecule has 1 atom stereocenters. The number of thioether (sulfide) groups is 1. The van der Waals surface area contributed by atoms with Crippen molar-refractivity contribution in [2.24, 2.45) is 0 Å². The number of carbonyl (C=O) groups is 1. The van der Waals surface area contributed by atoms with Gasteiger partial charge in [0.1, 0.15) is 0 Å². The fourth-order valence-electron chi connectivity index (χ4n) is 2.00. The number of fused-ring (bicyclic) bond motifs is 1. The Morgan fingerprint density at radius 1 is 1.48 bits per heavy atom. The molecule has 4 nitrogen and oxygen atoms in total. The number of aromatic nitrogens is 2. The summed E-state index contributed by atoms with van der Waals surface area (Å²) in [4.78, 5) is 14.5. The van der Waals surface area contributed by atoms with E-state index in [1.807, 2.05) is 13.2 Å². The third-order valence-corrected chi connectivity index (χ3v) is 4.04. The molecule has 8 heteroatoms. The zero-order valence-electron chi connectivity index (χ0n) is 11.3. The van der Waals surface area contributed by atoms with Crippen molar-refractivity contribution in [1.29, 1.82) is 0 Å². The molecule has 2 rings (SSSR count). The van der Waals surface area contributed by atoms with E-state index in [1.54, 1.807) is 0 Å². The average Bonchev–Trinajstić information content (AvgIpc) is 2.76. The SMILES string of the molecule is CSC(C)Cn1c(C(F)(F)F)nc2cc(C(=O)O)ccc21. The molecule has 0 aliphatic carbocycles. The number of nitrogens with zero attached hydrogens (tertiary/aromatic N) is 2. The number of carboxylic acids is 1. The van der Waals surface area contributed by atoms with Crippen LogP contribution < -0.4 is 0 Å². The van der Waals surface area contributed by atoms with Crippen molar-refractivity contribution >= 4 is 28.8 Å². The van der Waals surface area contributed by atoms with E-state index in [2.05, 4.69) is 4.98 Å². The van der Waals surface area contributed by atoms with E-state index in [-0.39, 0.29) is 28.4 Å². The van der Waals surface area contributed by atoms with Crippen LogP contribution in [-0.4, -0.2) is 32.1 Å². The summed E-state index contributed by atoms with van der Waals surface area (Å²) in [6, 6.07) is 3.81. The first-order valence-corrected chi connectivity index (χ1v) is 7.36. The van der Waals surface area contributed by atoms with E-state index in [1.165, 1.54) is 23.9 Å². The number of hydrogen-bond donors (Lipinski definition) is 1. The number of carboxylic acid groups (broad SMARTS) is 1. The number of benzene rings is 1. The largest absolute Gasteiger partial charge is 0.478 e. The molecule has 21 heavy (non-hydrogen) atoms. The van der Waals surface area contributed by atoms with Gasteiger partial charge in [0, 0.05) is 11.8 Å². The maximum Gasteiger partial charge on any atom is 0.449 e. The van der Waals surface area contributed by atoms with E-state index in [0.29, 0.717) is 0 Å². The van der Waals surface area contributed by atoms with Gasteiger partial charge in [-0.3, -0.25) is 0 Å². The maximum atomic E-state index is 13.1. The Kier molecular flexibility index (Phi) is 4.18. The summed E-state index contributed by atoms with van der Waals surface area (Å²) in [6.45, 7) is 1.97. The van der Waals surface area contributed by atoms with Crippen LogP contribution in [0.3, 0.4) is 0 Å². The molecule has 0 spiro atoms. The van der Waals surface area contributed by atoms with Crippen molar-refractivity contribution < 1.29 is 23.1 Å². The predicted octanol–water partition coefficient (Wildman–Crippen LogP) is 3.50. The van der Waals surface area contributed by atoms with E-state index >= 15 is 0 Å². The van der Waals surface area contributed by atoms with Gasteiger partial charge < -0.3 is 9.67 Å². The van der Waals surface area contributed by atoms with Gasteiger partial charge in [0.15, 0.2) is 0 Å². The average molecular weight is 318 g/mol. The molecule has 1 aromatic heterocycles. The molecule has 0 radical (unpaired) electrons. The third kappa shape index (κ3) is 3.15. The van der Waals surface area contributed by atoms with Gasteiger partial charge in [0.05, 0.1) is 16.6 Å². The number of imidazole rings is 1. The Morgan fingerprint density at radius 2 is 2.14 bits per heavy atom. The Labute approximate surface area is 123 Å². The molecule has 0 fully saturated rings. The Morgan fingerprint density at radius 3 is 2.67 bits per heavy atom. The van der Waals surface area contributed by atoms with Crippen LogP contribution in [0, 0.1) is 0 Å². The van der Waals surface area contributed by atoms with Gasteiger partial charge in [-0.25, -0.2) is 9.78 Å². The lowest BCUT2D eigenvalue weighted by molar-refractivity contribution is -0.146. The van der Waals surface area contributed by atoms with Crippen LogP contribution in [0.15, 0.2) is 18.2 Å². The second-order valence-electron chi connectivity index (χ2n) is 4.60. The van der Waals surface area contributed by atoms with Crippen molar-refractivity contribution in [1.82, 2.24) is 9.55 Å². The van der Waals surface area contributed by atoms with Gasteiger partial charge in [-0.05, 0) is 24.5 Å². The van der Waals surface area contributed by atoms with Gasteiger partial charge in [0.2, 0.25) is 5.82 Å². The van der Waals surface area contributed by atoms with Crippen LogP contribution >= 0.6 is 11.8 Å². The molecule has 1 heterocycles. The van der Waals surface area contributed by atoms with E-state index in [9.17, 15) is 18.0 Å². The van der Waals surface area contributed by atoms with E-state index in [0.717, 1.165) is 10.6 Å². The minimum absolute atomic E-state index is 0.0253. The predicted molar refractivity (Wildman–Crippen MR) is 74.7 cm³/mol. The Hall–Kier alpha value is -1.70. The standard InChI is InChI=1S/C13H13F3N2O2S/c1-7(21-2)6-18-10-4-3-8(11(19)20)5-9(10)17-12(18)13(14,15)16/h3-5,7H,6H2,1-2H3,(H,19,20). The molecule has 0 bridgehead atoms. The minimum atomic E-state index is -4.58. The van der Waals surface area contributed by atoms with Gasteiger partial charge in [-0.1, -0.05) is 6.92 Å². The molecular weight excluding hydrogens is 305 g/mol.